The summed E-state index contributed by atoms with van der Waals surface area (Å²) in [5.74, 6) is 0.991. The Morgan fingerprint density at radius 3 is 2.30 bits per heavy atom. The molecule has 8 rings (SSSR count). The van der Waals surface area contributed by atoms with Crippen molar-refractivity contribution in [2.75, 3.05) is 0 Å². The van der Waals surface area contributed by atoms with E-state index in [9.17, 15) is 5.11 Å². The van der Waals surface area contributed by atoms with Gasteiger partial charge in [-0.2, -0.15) is 0 Å². The number of aromatic nitrogens is 3. The van der Waals surface area contributed by atoms with Crippen LogP contribution in [0.15, 0.2) is 138 Å². The molecule has 0 aliphatic carbocycles. The van der Waals surface area contributed by atoms with Crippen molar-refractivity contribution in [1.82, 2.24) is 14.5 Å². The predicted octanol–water partition coefficient (Wildman–Crippen LogP) is 10.3. The molecule has 5 aromatic carbocycles. The molecule has 0 unspecified atom stereocenters. The molecule has 3 heterocycles. The Balaban J connectivity index is 1.26. The number of allylic oxidation sites excluding steroid dienone is 2. The average molecular weight is 612 g/mol. The van der Waals surface area contributed by atoms with Crippen LogP contribution in [0.25, 0.3) is 61.0 Å². The largest absolute Gasteiger partial charge is 0.507 e. The third-order valence-corrected chi connectivity index (χ3v) is 8.81. The van der Waals surface area contributed by atoms with Crippen molar-refractivity contribution >= 4 is 32.7 Å². The molecule has 5 nitrogen and oxygen atoms in total. The van der Waals surface area contributed by atoms with Crippen molar-refractivity contribution < 1.29 is 9.52 Å². The summed E-state index contributed by atoms with van der Waals surface area (Å²) in [6.45, 7) is 4.22. The number of aryl methyl sites for hydroxylation is 2. The van der Waals surface area contributed by atoms with Gasteiger partial charge in [0.05, 0.1) is 5.69 Å². The van der Waals surface area contributed by atoms with E-state index in [4.69, 9.17) is 9.40 Å². The summed E-state index contributed by atoms with van der Waals surface area (Å²) >= 11 is 0. The molecular weight excluding hydrogens is 578 g/mol. The van der Waals surface area contributed by atoms with Gasteiger partial charge in [-0.3, -0.25) is 9.55 Å². The highest BCUT2D eigenvalue weighted by molar-refractivity contribution is 6.08. The number of hydrogen-bond acceptors (Lipinski definition) is 4. The molecule has 228 valence electrons. The van der Waals surface area contributed by atoms with Crippen molar-refractivity contribution in [3.05, 3.63) is 156 Å². The van der Waals surface area contributed by atoms with E-state index >= 15 is 0 Å². The molecule has 0 saturated carbocycles. The third kappa shape index (κ3) is 5.26. The smallest absolute Gasteiger partial charge is 0.145 e. The highest BCUT2D eigenvalue weighted by Gasteiger charge is 2.22. The lowest BCUT2D eigenvalue weighted by molar-refractivity contribution is 0.471. The molecule has 0 aliphatic heterocycles. The fourth-order valence-electron chi connectivity index (χ4n) is 6.64. The van der Waals surface area contributed by atoms with Gasteiger partial charge in [0.2, 0.25) is 0 Å². The molecular formula is C42H33N3O2. The zero-order valence-corrected chi connectivity index (χ0v) is 26.3. The van der Waals surface area contributed by atoms with Gasteiger partial charge in [-0.25, -0.2) is 4.98 Å². The van der Waals surface area contributed by atoms with Gasteiger partial charge in [0.1, 0.15) is 22.7 Å². The fraction of sp³-hybridized carbons (Fsp3) is 0.0952. The van der Waals surface area contributed by atoms with Crippen LogP contribution in [-0.4, -0.2) is 19.6 Å². The maximum Gasteiger partial charge on any atom is 0.145 e. The van der Waals surface area contributed by atoms with Crippen LogP contribution in [0, 0.1) is 13.8 Å². The predicted molar refractivity (Wildman–Crippen MR) is 191 cm³/mol. The van der Waals surface area contributed by atoms with E-state index in [2.05, 4.69) is 90.1 Å². The van der Waals surface area contributed by atoms with E-state index in [0.29, 0.717) is 23.3 Å². The van der Waals surface area contributed by atoms with E-state index in [1.165, 1.54) is 16.5 Å². The van der Waals surface area contributed by atoms with E-state index < -0.39 is 0 Å². The first-order chi connectivity index (χ1) is 23.0. The van der Waals surface area contributed by atoms with E-state index in [1.54, 1.807) is 0 Å². The molecule has 1 N–H and O–H groups in total. The first kappa shape index (κ1) is 28.5. The maximum atomic E-state index is 12.0. The number of phenols is 1. The van der Waals surface area contributed by atoms with Crippen LogP contribution in [0.2, 0.25) is 0 Å². The number of furan rings is 1. The molecule has 8 aromatic rings. The molecule has 0 fully saturated rings. The lowest BCUT2D eigenvalue weighted by atomic mass is 9.98. The van der Waals surface area contributed by atoms with Crippen molar-refractivity contribution in [1.29, 1.82) is 0 Å². The molecule has 0 saturated heterocycles. The Morgan fingerprint density at radius 1 is 0.745 bits per heavy atom. The number of fused-ring (bicyclic) bond motifs is 4. The van der Waals surface area contributed by atoms with Crippen molar-refractivity contribution in [3.63, 3.8) is 0 Å². The number of rotatable bonds is 7. The second-order valence-electron chi connectivity index (χ2n) is 12.2. The van der Waals surface area contributed by atoms with Crippen LogP contribution in [-0.2, 0) is 12.8 Å². The molecule has 0 atom stereocenters. The third-order valence-electron chi connectivity index (χ3n) is 8.81. The Bertz CT molecular complexity index is 2430. The van der Waals surface area contributed by atoms with Gasteiger partial charge in [0, 0.05) is 57.1 Å². The lowest BCUT2D eigenvalue weighted by Crippen LogP contribution is -1.97. The number of nitrogens with zero attached hydrogens (tertiary/aromatic N) is 3. The molecule has 3 aromatic heterocycles. The molecule has 0 radical (unpaired) electrons. The Hall–Kier alpha value is -5.94. The minimum absolute atomic E-state index is 0.178. The molecule has 5 heteroatoms. The Kier molecular flexibility index (Phi) is 7.14. The summed E-state index contributed by atoms with van der Waals surface area (Å²) in [5, 5.41) is 16.3. The van der Waals surface area contributed by atoms with E-state index in [1.807, 2.05) is 67.1 Å². The molecule has 47 heavy (non-hydrogen) atoms. The Labute approximate surface area is 273 Å². The standard InChI is InChI=1S/C42H33N3O2/c1-27-20-28(2)22-32(21-27)45-26-38(44-42(45)29-12-4-3-5-13-29)37-23-36-34-17-10-11-19-39(34)47-41(36)35(40(37)46)18-9-7-15-31-25-43-24-30-14-6-8-16-33(30)31/h3-14,16-17,19-26,46H,15,18H2,1-2H3/b9-7-. The minimum atomic E-state index is 0.178. The summed E-state index contributed by atoms with van der Waals surface area (Å²) in [4.78, 5) is 9.61. The van der Waals surface area contributed by atoms with Gasteiger partial charge in [-0.1, -0.05) is 91.0 Å². The van der Waals surface area contributed by atoms with Gasteiger partial charge in [-0.15, -0.1) is 0 Å². The zero-order valence-electron chi connectivity index (χ0n) is 26.3. The second-order valence-corrected chi connectivity index (χ2v) is 12.2. The molecule has 0 spiro atoms. The van der Waals surface area contributed by atoms with Crippen LogP contribution >= 0.6 is 0 Å². The summed E-state index contributed by atoms with van der Waals surface area (Å²) < 4.78 is 8.52. The molecule has 0 bridgehead atoms. The number of aromatic hydroxyl groups is 1. The number of hydrogen-bond donors (Lipinski definition) is 1. The number of benzene rings is 5. The van der Waals surface area contributed by atoms with Crippen LogP contribution in [0.3, 0.4) is 0 Å². The Morgan fingerprint density at radius 2 is 1.47 bits per heavy atom. The highest BCUT2D eigenvalue weighted by Crippen LogP contribution is 2.43. The molecule has 0 amide bonds. The summed E-state index contributed by atoms with van der Waals surface area (Å²) in [7, 11) is 0. The van der Waals surface area contributed by atoms with Gasteiger partial charge < -0.3 is 9.52 Å². The minimum Gasteiger partial charge on any atom is -0.507 e. The van der Waals surface area contributed by atoms with Crippen molar-refractivity contribution in [2.45, 2.75) is 26.7 Å². The van der Waals surface area contributed by atoms with Crippen molar-refractivity contribution in [2.24, 2.45) is 0 Å². The van der Waals surface area contributed by atoms with E-state index in [0.717, 1.165) is 56.4 Å². The monoisotopic (exact) mass is 611 g/mol. The number of pyridine rings is 1. The van der Waals surface area contributed by atoms with Crippen LogP contribution in [0.4, 0.5) is 0 Å². The maximum absolute atomic E-state index is 12.0. The fourth-order valence-corrected chi connectivity index (χ4v) is 6.64. The van der Waals surface area contributed by atoms with E-state index in [-0.39, 0.29) is 5.75 Å². The van der Waals surface area contributed by atoms with Crippen LogP contribution in [0.1, 0.15) is 22.3 Å². The average Bonchev–Trinajstić information content (AvgIpc) is 3.70. The van der Waals surface area contributed by atoms with Gasteiger partial charge in [0.25, 0.3) is 0 Å². The highest BCUT2D eigenvalue weighted by atomic mass is 16.3. The summed E-state index contributed by atoms with van der Waals surface area (Å²) in [6, 6.07) is 35.1. The molecule has 0 aliphatic rings. The second kappa shape index (κ2) is 11.8. The summed E-state index contributed by atoms with van der Waals surface area (Å²) in [5.41, 5.74) is 9.13. The lowest BCUT2D eigenvalue weighted by Gasteiger charge is -2.10. The number of phenolic OH excluding ortho intramolecular Hbond substituents is 1. The number of para-hydroxylation sites is 1. The van der Waals surface area contributed by atoms with Gasteiger partial charge in [0.15, 0.2) is 0 Å². The van der Waals surface area contributed by atoms with Crippen LogP contribution in [0.5, 0.6) is 5.75 Å². The number of imidazole rings is 1. The summed E-state index contributed by atoms with van der Waals surface area (Å²) in [6.07, 6.45) is 11.3. The first-order valence-electron chi connectivity index (χ1n) is 15.9. The topological polar surface area (TPSA) is 64.1 Å². The van der Waals surface area contributed by atoms with Gasteiger partial charge in [-0.05, 0) is 73.0 Å². The SMILES string of the molecule is Cc1cc(C)cc(-n2cc(-c3cc4c(oc5ccccc54)c(C/C=C\Cc4cncc5ccccc45)c3O)nc2-c2ccccc2)c1. The first-order valence-corrected chi connectivity index (χ1v) is 15.9. The zero-order chi connectivity index (χ0) is 31.9. The quantitative estimate of drug-likeness (QED) is 0.182. The normalized spacial score (nSPS) is 11.8. The van der Waals surface area contributed by atoms with Gasteiger partial charge >= 0.3 is 0 Å². The van der Waals surface area contributed by atoms with Crippen LogP contribution < -0.4 is 0 Å². The van der Waals surface area contributed by atoms with Crippen molar-refractivity contribution in [3.8, 4) is 34.1 Å².